The van der Waals surface area contributed by atoms with Gasteiger partial charge in [0.25, 0.3) is 0 Å². The minimum absolute atomic E-state index is 0.382. The summed E-state index contributed by atoms with van der Waals surface area (Å²) < 4.78 is 0. The fourth-order valence-electron chi connectivity index (χ4n) is 5.58. The van der Waals surface area contributed by atoms with E-state index in [1.165, 1.54) is 75.6 Å². The molecule has 0 amide bonds. The van der Waals surface area contributed by atoms with Crippen molar-refractivity contribution in [3.63, 3.8) is 0 Å². The summed E-state index contributed by atoms with van der Waals surface area (Å²) in [6.07, 6.45) is 13.3. The second-order valence-corrected chi connectivity index (χ2v) is 10.7. The molecule has 2 aliphatic rings. The van der Waals surface area contributed by atoms with Gasteiger partial charge in [0.2, 0.25) is 0 Å². The molecule has 2 saturated carbocycles. The van der Waals surface area contributed by atoms with Crippen molar-refractivity contribution < 1.29 is 12.9 Å². The molecule has 0 aromatic rings. The van der Waals surface area contributed by atoms with Gasteiger partial charge in [-0.3, -0.25) is 9.98 Å². The van der Waals surface area contributed by atoms with Gasteiger partial charge >= 0.3 is 33.2 Å². The molecule has 0 heterocycles. The number of nitrogens with zero attached hydrogens (tertiary/aromatic N) is 2. The summed E-state index contributed by atoms with van der Waals surface area (Å²) in [5, 5.41) is 0. The van der Waals surface area contributed by atoms with Crippen LogP contribution in [-0.2, 0) is 12.9 Å². The minimum atomic E-state index is 0.382. The Bertz CT molecular complexity index is 441. The molecule has 4 atom stereocenters. The number of rotatable bonds is 7. The molecule has 2 aliphatic carbocycles. The van der Waals surface area contributed by atoms with Crippen LogP contribution in [0.3, 0.4) is 0 Å². The number of hydrogen-bond donors (Lipinski definition) is 0. The summed E-state index contributed by atoms with van der Waals surface area (Å²) in [6, 6.07) is 1.05. The summed E-state index contributed by atoms with van der Waals surface area (Å²) in [5.74, 6) is 3.10. The maximum atomic E-state index is 5.29. The van der Waals surface area contributed by atoms with Gasteiger partial charge in [0, 0.05) is 0 Å². The van der Waals surface area contributed by atoms with Crippen molar-refractivity contribution in [2.24, 2.45) is 33.7 Å². The van der Waals surface area contributed by atoms with Crippen LogP contribution in [-0.4, -0.2) is 23.5 Å². The Morgan fingerprint density at radius 2 is 0.897 bits per heavy atom. The second-order valence-electron chi connectivity index (χ2n) is 8.99. The summed E-state index contributed by atoms with van der Waals surface area (Å²) in [6.45, 7) is 13.8. The van der Waals surface area contributed by atoms with E-state index in [4.69, 9.17) is 30.3 Å². The van der Waals surface area contributed by atoms with Crippen LogP contribution in [0, 0.1) is 23.7 Å². The average Bonchev–Trinajstić information content (AvgIpc) is 2.74. The van der Waals surface area contributed by atoms with Crippen LogP contribution in [0.5, 0.6) is 0 Å². The SMILES string of the molecule is CCC1CCCC(CC)C1N=C(C)C(C)=NC1C(CC)CCCC1CC.[Cl][Co][Cl]. The quantitative estimate of drug-likeness (QED) is 0.320. The number of hydrogen-bond acceptors (Lipinski definition) is 2. The van der Waals surface area contributed by atoms with Crippen LogP contribution >= 0.6 is 20.3 Å². The Balaban J connectivity index is 0.00000132. The molecule has 0 bridgehead atoms. The average molecular weight is 490 g/mol. The summed E-state index contributed by atoms with van der Waals surface area (Å²) >= 11 is 0.382. The van der Waals surface area contributed by atoms with Gasteiger partial charge in [-0.05, 0) is 63.2 Å². The van der Waals surface area contributed by atoms with E-state index >= 15 is 0 Å². The van der Waals surface area contributed by atoms with E-state index in [0.29, 0.717) is 25.0 Å². The van der Waals surface area contributed by atoms with Crippen molar-refractivity contribution in [3.05, 3.63) is 0 Å². The van der Waals surface area contributed by atoms with Crippen LogP contribution < -0.4 is 0 Å². The van der Waals surface area contributed by atoms with Crippen LogP contribution in [0.4, 0.5) is 0 Å². The van der Waals surface area contributed by atoms with E-state index in [2.05, 4.69) is 41.5 Å². The van der Waals surface area contributed by atoms with Crippen molar-refractivity contribution in [2.45, 2.75) is 118 Å². The van der Waals surface area contributed by atoms with Crippen molar-refractivity contribution >= 4 is 31.7 Å². The molecular weight excluding hydrogens is 446 g/mol. The topological polar surface area (TPSA) is 24.7 Å². The summed E-state index contributed by atoms with van der Waals surface area (Å²) in [5.41, 5.74) is 2.42. The normalized spacial score (nSPS) is 33.9. The zero-order valence-corrected chi connectivity index (χ0v) is 22.1. The Hall–Kier alpha value is 0.426. The fraction of sp³-hybridized carbons (Fsp3) is 0.917. The van der Waals surface area contributed by atoms with Gasteiger partial charge in [0.05, 0.1) is 23.5 Å². The summed E-state index contributed by atoms with van der Waals surface area (Å²) in [4.78, 5) is 10.6. The van der Waals surface area contributed by atoms with Gasteiger partial charge in [-0.15, -0.1) is 0 Å². The molecule has 2 rings (SSSR count). The first-order valence-electron chi connectivity index (χ1n) is 11.9. The second kappa shape index (κ2) is 15.3. The molecule has 0 N–H and O–H groups in total. The van der Waals surface area contributed by atoms with Crippen LogP contribution in [0.2, 0.25) is 0 Å². The Morgan fingerprint density at radius 3 is 1.10 bits per heavy atom. The molecule has 4 unspecified atom stereocenters. The Labute approximate surface area is 195 Å². The number of halogens is 2. The van der Waals surface area contributed by atoms with Crippen LogP contribution in [0.15, 0.2) is 9.98 Å². The van der Waals surface area contributed by atoms with E-state index in [9.17, 15) is 0 Å². The zero-order valence-electron chi connectivity index (χ0n) is 19.5. The molecule has 0 aromatic carbocycles. The van der Waals surface area contributed by atoms with Crippen molar-refractivity contribution in [3.8, 4) is 0 Å². The Kier molecular flexibility index (Phi) is 14.5. The molecule has 5 heteroatoms. The third-order valence-corrected chi connectivity index (χ3v) is 7.54. The molecule has 0 aliphatic heterocycles. The molecule has 0 spiro atoms. The van der Waals surface area contributed by atoms with Gasteiger partial charge in [0.15, 0.2) is 0 Å². The molecular formula is C24H44Cl2CoN2. The molecule has 0 radical (unpaired) electrons. The van der Waals surface area contributed by atoms with Gasteiger partial charge in [-0.1, -0.05) is 66.2 Å². The molecule has 29 heavy (non-hydrogen) atoms. The third-order valence-electron chi connectivity index (χ3n) is 7.54. The van der Waals surface area contributed by atoms with Crippen molar-refractivity contribution in [1.29, 1.82) is 0 Å². The maximum absolute atomic E-state index is 5.29. The van der Waals surface area contributed by atoms with Crippen molar-refractivity contribution in [2.75, 3.05) is 0 Å². The number of aliphatic imine (C=N–C) groups is 2. The molecule has 0 saturated heterocycles. The first-order valence-corrected chi connectivity index (χ1v) is 14.8. The Morgan fingerprint density at radius 1 is 0.655 bits per heavy atom. The fourth-order valence-corrected chi connectivity index (χ4v) is 5.58. The van der Waals surface area contributed by atoms with Gasteiger partial charge in [-0.2, -0.15) is 0 Å². The van der Waals surface area contributed by atoms with Gasteiger partial charge in [-0.25, -0.2) is 0 Å². The summed E-state index contributed by atoms with van der Waals surface area (Å²) in [7, 11) is 9.47. The zero-order chi connectivity index (χ0) is 21.8. The van der Waals surface area contributed by atoms with E-state index in [0.717, 1.165) is 23.7 Å². The molecule has 173 valence electrons. The van der Waals surface area contributed by atoms with Crippen LogP contribution in [0.1, 0.15) is 106 Å². The third kappa shape index (κ3) is 8.47. The van der Waals surface area contributed by atoms with Crippen LogP contribution in [0.25, 0.3) is 0 Å². The van der Waals surface area contributed by atoms with Gasteiger partial charge < -0.3 is 0 Å². The van der Waals surface area contributed by atoms with E-state index in [1.807, 2.05) is 0 Å². The predicted molar refractivity (Wildman–Crippen MR) is 128 cm³/mol. The molecule has 2 fully saturated rings. The van der Waals surface area contributed by atoms with Crippen molar-refractivity contribution in [1.82, 2.24) is 0 Å². The first kappa shape index (κ1) is 27.5. The molecule has 2 nitrogen and oxygen atoms in total. The predicted octanol–water partition coefficient (Wildman–Crippen LogP) is 8.49. The van der Waals surface area contributed by atoms with E-state index < -0.39 is 0 Å². The first-order chi connectivity index (χ1) is 14.0. The van der Waals surface area contributed by atoms with E-state index in [1.54, 1.807) is 0 Å². The molecule has 0 aromatic heterocycles. The monoisotopic (exact) mass is 489 g/mol. The van der Waals surface area contributed by atoms with Gasteiger partial charge in [0.1, 0.15) is 0 Å². The standard InChI is InChI=1S/C24H44N2.2ClH.Co/c1-7-19-13-11-14-20(8-2)23(19)25-17(5)18(6)26-24-21(9-3)15-12-16-22(24)10-4;;;/h19-24H,7-16H2,1-6H3;2*1H;/q;;;+2/p-2. The van der Waals surface area contributed by atoms with E-state index in [-0.39, 0.29) is 0 Å².